The molecule has 0 spiro atoms. The summed E-state index contributed by atoms with van der Waals surface area (Å²) in [6, 6.07) is 0.986. The van der Waals surface area contributed by atoms with E-state index in [1.54, 1.807) is 0 Å². The summed E-state index contributed by atoms with van der Waals surface area (Å²) in [7, 11) is 0. The number of nitrogens with zero attached hydrogens (tertiary/aromatic N) is 2. The summed E-state index contributed by atoms with van der Waals surface area (Å²) < 4.78 is 0. The summed E-state index contributed by atoms with van der Waals surface area (Å²) in [4.78, 5) is 23.2. The number of carbonyl (C=O) groups is 2. The molecule has 6 rings (SSSR count). The monoisotopic (exact) mass is 342 g/mol. The van der Waals surface area contributed by atoms with E-state index in [1.807, 2.05) is 0 Å². The van der Waals surface area contributed by atoms with Crippen molar-refractivity contribution in [3.05, 3.63) is 0 Å². The average molecular weight is 342 g/mol. The van der Waals surface area contributed by atoms with Crippen molar-refractivity contribution in [2.24, 2.45) is 23.3 Å². The van der Waals surface area contributed by atoms with Gasteiger partial charge in [-0.15, -0.1) is 0 Å². The van der Waals surface area contributed by atoms with Crippen molar-refractivity contribution in [2.75, 3.05) is 39.3 Å². The lowest BCUT2D eigenvalue weighted by Gasteiger charge is -2.43. The molecule has 8 nitrogen and oxygen atoms in total. The van der Waals surface area contributed by atoms with E-state index in [2.05, 4.69) is 9.80 Å². The minimum absolute atomic E-state index is 0.493. The van der Waals surface area contributed by atoms with Gasteiger partial charge in [0, 0.05) is 25.2 Å². The number of aliphatic carboxylic acids is 2. The van der Waals surface area contributed by atoms with Crippen molar-refractivity contribution >= 4 is 11.9 Å². The number of carboxylic acids is 2. The zero-order valence-corrected chi connectivity index (χ0v) is 14.1. The van der Waals surface area contributed by atoms with E-state index in [0.717, 1.165) is 24.9 Å². The lowest BCUT2D eigenvalue weighted by molar-refractivity contribution is -0.159. The Labute approximate surface area is 142 Å². The molecule has 0 aliphatic carbocycles. The number of hydrogen-bond acceptors (Lipinski definition) is 6. The molecular weight excluding hydrogens is 312 g/mol. The van der Waals surface area contributed by atoms with Crippen LogP contribution >= 0.6 is 0 Å². The first-order valence-corrected chi connectivity index (χ1v) is 8.79. The first-order valence-electron chi connectivity index (χ1n) is 8.79. The fourth-order valence-corrected chi connectivity index (χ4v) is 4.02. The van der Waals surface area contributed by atoms with Crippen LogP contribution in [0.2, 0.25) is 0 Å². The highest BCUT2D eigenvalue weighted by Crippen LogP contribution is 2.26. The van der Waals surface area contributed by atoms with E-state index in [0.29, 0.717) is 12.1 Å². The van der Waals surface area contributed by atoms with Gasteiger partial charge in [0.25, 0.3) is 0 Å². The second-order valence-corrected chi connectivity index (χ2v) is 7.21. The number of piperidine rings is 6. The number of fused-ring (bicyclic) bond motifs is 6. The van der Waals surface area contributed by atoms with Crippen molar-refractivity contribution in [3.63, 3.8) is 0 Å². The molecule has 2 atom stereocenters. The van der Waals surface area contributed by atoms with Crippen LogP contribution in [0.15, 0.2) is 0 Å². The highest BCUT2D eigenvalue weighted by Gasteiger charge is 2.31. The van der Waals surface area contributed by atoms with Crippen LogP contribution in [0.25, 0.3) is 0 Å². The molecule has 6 N–H and O–H groups in total. The third-order valence-electron chi connectivity index (χ3n) is 5.60. The van der Waals surface area contributed by atoms with Crippen molar-refractivity contribution in [2.45, 2.75) is 37.8 Å². The molecule has 0 amide bonds. The highest BCUT2D eigenvalue weighted by molar-refractivity contribution is 6.27. The lowest BCUT2D eigenvalue weighted by atomic mass is 9.85. The molecule has 4 bridgehead atoms. The first kappa shape index (κ1) is 19.1. The van der Waals surface area contributed by atoms with Gasteiger partial charge in [-0.3, -0.25) is 0 Å². The van der Waals surface area contributed by atoms with E-state index in [1.165, 1.54) is 51.9 Å². The van der Waals surface area contributed by atoms with E-state index >= 15 is 0 Å². The highest BCUT2D eigenvalue weighted by atomic mass is 16.4. The SMILES string of the molecule is N[C@H]1CN2CCC1CC2.N[C@H]1CN2CCC1CC2.O=C(O)C(=O)O. The van der Waals surface area contributed by atoms with Gasteiger partial charge in [0.1, 0.15) is 0 Å². The van der Waals surface area contributed by atoms with Crippen LogP contribution in [0.1, 0.15) is 25.7 Å². The molecule has 6 saturated heterocycles. The molecule has 6 fully saturated rings. The quantitative estimate of drug-likeness (QED) is 0.422. The summed E-state index contributed by atoms with van der Waals surface area (Å²) in [6.45, 7) is 7.53. The minimum Gasteiger partial charge on any atom is -0.473 e. The van der Waals surface area contributed by atoms with Gasteiger partial charge in [-0.2, -0.15) is 0 Å². The van der Waals surface area contributed by atoms with E-state index in [-0.39, 0.29) is 0 Å². The van der Waals surface area contributed by atoms with Crippen molar-refractivity contribution in [1.82, 2.24) is 9.80 Å². The molecule has 6 heterocycles. The van der Waals surface area contributed by atoms with Crippen LogP contribution < -0.4 is 11.5 Å². The van der Waals surface area contributed by atoms with E-state index in [4.69, 9.17) is 31.3 Å². The van der Waals surface area contributed by atoms with Gasteiger partial charge >= 0.3 is 11.9 Å². The van der Waals surface area contributed by atoms with Gasteiger partial charge in [0.15, 0.2) is 0 Å². The first-order chi connectivity index (χ1) is 11.4. The average Bonchev–Trinajstić information content (AvgIpc) is 2.57. The van der Waals surface area contributed by atoms with E-state index in [9.17, 15) is 0 Å². The van der Waals surface area contributed by atoms with Gasteiger partial charge in [0.2, 0.25) is 0 Å². The molecule has 0 unspecified atom stereocenters. The molecule has 0 aromatic carbocycles. The van der Waals surface area contributed by atoms with Crippen LogP contribution in [0, 0.1) is 11.8 Å². The summed E-state index contributed by atoms with van der Waals surface area (Å²) >= 11 is 0. The topological polar surface area (TPSA) is 133 Å². The standard InChI is InChI=1S/2C7H14N2.C2H2O4/c2*8-7-5-9-3-1-6(7)2-4-9;3-1(4)2(5)6/h2*6-7H,1-5,8H2;(H,3,4)(H,5,6)/t2*7-;/m00./s1. The largest absolute Gasteiger partial charge is 0.473 e. The number of rotatable bonds is 0. The Kier molecular flexibility index (Phi) is 6.97. The van der Waals surface area contributed by atoms with Crippen LogP contribution in [-0.4, -0.2) is 83.3 Å². The number of nitrogens with two attached hydrogens (primary N) is 2. The Morgan fingerprint density at radius 2 is 1.00 bits per heavy atom. The summed E-state index contributed by atoms with van der Waals surface area (Å²) in [5, 5.41) is 14.8. The van der Waals surface area contributed by atoms with Gasteiger partial charge in [-0.05, 0) is 63.7 Å². The minimum atomic E-state index is -1.82. The molecule has 8 heteroatoms. The van der Waals surface area contributed by atoms with Gasteiger partial charge < -0.3 is 31.5 Å². The maximum absolute atomic E-state index is 9.10. The lowest BCUT2D eigenvalue weighted by Crippen LogP contribution is -2.54. The summed E-state index contributed by atoms with van der Waals surface area (Å²) in [5.74, 6) is -1.94. The maximum atomic E-state index is 9.10. The van der Waals surface area contributed by atoms with Crippen LogP contribution in [-0.2, 0) is 9.59 Å². The zero-order chi connectivity index (χ0) is 17.7. The normalized spacial score (nSPS) is 39.1. The third-order valence-corrected chi connectivity index (χ3v) is 5.60. The van der Waals surface area contributed by atoms with Crippen molar-refractivity contribution in [1.29, 1.82) is 0 Å². The van der Waals surface area contributed by atoms with Crippen molar-refractivity contribution in [3.8, 4) is 0 Å². The van der Waals surface area contributed by atoms with Crippen LogP contribution in [0.5, 0.6) is 0 Å². The molecule has 6 aliphatic heterocycles. The molecule has 138 valence electrons. The molecule has 0 aromatic rings. The Morgan fingerprint density at radius 3 is 1.08 bits per heavy atom. The number of hydrogen-bond donors (Lipinski definition) is 4. The fraction of sp³-hybridized carbons (Fsp3) is 0.875. The van der Waals surface area contributed by atoms with Crippen molar-refractivity contribution < 1.29 is 19.8 Å². The molecular formula is C16H30N4O4. The predicted molar refractivity (Wildman–Crippen MR) is 89.6 cm³/mol. The van der Waals surface area contributed by atoms with Crippen LogP contribution in [0.4, 0.5) is 0 Å². The Hall–Kier alpha value is -1.22. The smallest absolute Gasteiger partial charge is 0.414 e. The van der Waals surface area contributed by atoms with Gasteiger partial charge in [-0.25, -0.2) is 9.59 Å². The fourth-order valence-electron chi connectivity index (χ4n) is 4.02. The van der Waals surface area contributed by atoms with E-state index < -0.39 is 11.9 Å². The summed E-state index contributed by atoms with van der Waals surface area (Å²) in [6.07, 6.45) is 5.39. The molecule has 0 aromatic heterocycles. The Bertz CT molecular complexity index is 392. The van der Waals surface area contributed by atoms with Crippen LogP contribution in [0.3, 0.4) is 0 Å². The molecule has 0 radical (unpaired) electrons. The van der Waals surface area contributed by atoms with Gasteiger partial charge in [-0.1, -0.05) is 0 Å². The van der Waals surface area contributed by atoms with Gasteiger partial charge in [0.05, 0.1) is 0 Å². The molecule has 0 saturated carbocycles. The second kappa shape index (κ2) is 8.75. The zero-order valence-electron chi connectivity index (χ0n) is 14.1. The third kappa shape index (κ3) is 5.41. The maximum Gasteiger partial charge on any atom is 0.414 e. The predicted octanol–water partition coefficient (Wildman–Crippen LogP) is -0.766. The molecule has 24 heavy (non-hydrogen) atoms. The Balaban J connectivity index is 0.000000134. The Morgan fingerprint density at radius 1 is 0.708 bits per heavy atom. The molecule has 6 aliphatic rings. The number of carboxylic acid groups (broad SMARTS) is 2. The second-order valence-electron chi connectivity index (χ2n) is 7.21. The summed E-state index contributed by atoms with van der Waals surface area (Å²) in [5.41, 5.74) is 11.8.